The molecule has 31 heavy (non-hydrogen) atoms. The molecule has 0 unspecified atom stereocenters. The molecule has 3 amide bonds. The summed E-state index contributed by atoms with van der Waals surface area (Å²) in [5.41, 5.74) is 7.36. The number of aryl methyl sites for hydroxylation is 1. The van der Waals surface area contributed by atoms with Gasteiger partial charge in [0.05, 0.1) is 29.9 Å². The highest BCUT2D eigenvalue weighted by Gasteiger charge is 2.30. The van der Waals surface area contributed by atoms with E-state index in [1.807, 2.05) is 6.92 Å². The molecule has 2 aromatic rings. The van der Waals surface area contributed by atoms with E-state index in [0.29, 0.717) is 18.5 Å². The number of hydrogen-bond acceptors (Lipinski definition) is 7. The van der Waals surface area contributed by atoms with Gasteiger partial charge in [-0.2, -0.15) is 0 Å². The third-order valence-electron chi connectivity index (χ3n) is 4.97. The second-order valence-corrected chi connectivity index (χ2v) is 10.4. The predicted octanol–water partition coefficient (Wildman–Crippen LogP) is 2.08. The van der Waals surface area contributed by atoms with Crippen LogP contribution in [0.4, 0.5) is 9.80 Å². The summed E-state index contributed by atoms with van der Waals surface area (Å²) in [6.45, 7) is 2.45. The molecule has 1 aromatic heterocycles. The van der Waals surface area contributed by atoms with E-state index in [-0.39, 0.29) is 34.2 Å². The van der Waals surface area contributed by atoms with Crippen molar-refractivity contribution in [3.05, 3.63) is 45.8 Å². The van der Waals surface area contributed by atoms with Crippen molar-refractivity contribution in [2.24, 2.45) is 5.73 Å². The number of ether oxygens (including phenoxy) is 1. The summed E-state index contributed by atoms with van der Waals surface area (Å²) < 4.78 is 29.7. The molecule has 0 spiro atoms. The molecule has 0 saturated heterocycles. The van der Waals surface area contributed by atoms with Gasteiger partial charge >= 0.3 is 6.09 Å². The first kappa shape index (κ1) is 22.8. The molecule has 2 heterocycles. The van der Waals surface area contributed by atoms with Gasteiger partial charge in [0.2, 0.25) is 5.91 Å². The third-order valence-corrected chi connectivity index (χ3v) is 7.83. The van der Waals surface area contributed by atoms with Crippen LogP contribution in [-0.4, -0.2) is 50.6 Å². The Bertz CT molecular complexity index is 1120. The van der Waals surface area contributed by atoms with Crippen LogP contribution in [0.1, 0.15) is 32.8 Å². The highest BCUT2D eigenvalue weighted by Crippen LogP contribution is 2.37. The fourth-order valence-corrected chi connectivity index (χ4v) is 5.84. The Morgan fingerprint density at radius 1 is 1.23 bits per heavy atom. The first-order valence-corrected chi connectivity index (χ1v) is 12.0. The van der Waals surface area contributed by atoms with E-state index in [4.69, 9.17) is 10.5 Å². The number of thiophene rings is 1. The van der Waals surface area contributed by atoms with Gasteiger partial charge in [0, 0.05) is 17.8 Å². The van der Waals surface area contributed by atoms with Crippen molar-refractivity contribution in [2.45, 2.75) is 31.2 Å². The summed E-state index contributed by atoms with van der Waals surface area (Å²) in [6, 6.07) is 6.40. The van der Waals surface area contributed by atoms with Crippen molar-refractivity contribution in [3.8, 4) is 0 Å². The molecule has 1 aliphatic heterocycles. The van der Waals surface area contributed by atoms with E-state index >= 15 is 0 Å². The first-order chi connectivity index (χ1) is 14.6. The van der Waals surface area contributed by atoms with Gasteiger partial charge < -0.3 is 20.7 Å². The highest BCUT2D eigenvalue weighted by molar-refractivity contribution is 7.91. The molecule has 0 aliphatic carbocycles. The maximum Gasteiger partial charge on any atom is 0.409 e. The molecule has 0 bridgehead atoms. The van der Waals surface area contributed by atoms with E-state index in [2.05, 4.69) is 5.32 Å². The summed E-state index contributed by atoms with van der Waals surface area (Å²) >= 11 is 1.15. The summed E-state index contributed by atoms with van der Waals surface area (Å²) in [5, 5.41) is 2.89. The lowest BCUT2D eigenvalue weighted by molar-refractivity contribution is -0.115. The second kappa shape index (κ2) is 9.06. The maximum absolute atomic E-state index is 12.5. The van der Waals surface area contributed by atoms with Crippen LogP contribution in [0.25, 0.3) is 0 Å². The first-order valence-electron chi connectivity index (χ1n) is 9.49. The topological polar surface area (TPSA) is 136 Å². The van der Waals surface area contributed by atoms with Gasteiger partial charge in [0.25, 0.3) is 5.91 Å². The Labute approximate surface area is 184 Å². The summed E-state index contributed by atoms with van der Waals surface area (Å²) in [7, 11) is -2.33. The van der Waals surface area contributed by atoms with E-state index in [0.717, 1.165) is 21.8 Å². The Morgan fingerprint density at radius 2 is 1.90 bits per heavy atom. The lowest BCUT2D eigenvalue weighted by Crippen LogP contribution is -2.35. The number of benzene rings is 1. The number of rotatable bonds is 6. The number of amides is 3. The number of hydrogen-bond donors (Lipinski definition) is 2. The minimum atomic E-state index is -3.62. The number of carbonyl (C=O) groups excluding carboxylic acids is 3. The van der Waals surface area contributed by atoms with Crippen molar-refractivity contribution >= 4 is 44.1 Å². The molecule has 1 aliphatic rings. The van der Waals surface area contributed by atoms with Crippen molar-refractivity contribution in [1.29, 1.82) is 0 Å². The summed E-state index contributed by atoms with van der Waals surface area (Å²) in [4.78, 5) is 38.6. The van der Waals surface area contributed by atoms with Crippen LogP contribution in [0.15, 0.2) is 29.2 Å². The summed E-state index contributed by atoms with van der Waals surface area (Å²) in [6.07, 6.45) is -0.353. The number of anilines is 1. The van der Waals surface area contributed by atoms with Crippen LogP contribution in [0, 0.1) is 6.92 Å². The average Bonchev–Trinajstić information content (AvgIpc) is 3.09. The number of carbonyl (C=O) groups is 3. The number of nitrogens with one attached hydrogen (secondary N) is 1. The second-order valence-electron chi connectivity index (χ2n) is 7.14. The molecule has 3 N–H and O–H groups in total. The number of sulfone groups is 1. The largest absolute Gasteiger partial charge is 0.453 e. The fraction of sp³-hybridized carbons (Fsp3) is 0.350. The Balaban J connectivity index is 1.73. The van der Waals surface area contributed by atoms with Crippen LogP contribution in [0.3, 0.4) is 0 Å². The molecule has 166 valence electrons. The number of methoxy groups -OCH3 is 1. The number of fused-ring (bicyclic) bond motifs is 1. The molecular formula is C20H23N3O6S2. The van der Waals surface area contributed by atoms with Gasteiger partial charge in [-0.1, -0.05) is 17.7 Å². The molecule has 0 radical (unpaired) electrons. The molecule has 0 atom stereocenters. The van der Waals surface area contributed by atoms with E-state index < -0.39 is 27.7 Å². The molecule has 3 rings (SSSR count). The van der Waals surface area contributed by atoms with Crippen LogP contribution in [0.5, 0.6) is 0 Å². The number of nitrogens with zero attached hydrogens (tertiary/aromatic N) is 1. The van der Waals surface area contributed by atoms with Gasteiger partial charge in [0.1, 0.15) is 5.00 Å². The van der Waals surface area contributed by atoms with Crippen LogP contribution in [0.2, 0.25) is 0 Å². The zero-order valence-electron chi connectivity index (χ0n) is 17.1. The Morgan fingerprint density at radius 3 is 2.52 bits per heavy atom. The quantitative estimate of drug-likeness (QED) is 0.670. The van der Waals surface area contributed by atoms with Crippen LogP contribution in [-0.2, 0) is 32.3 Å². The van der Waals surface area contributed by atoms with E-state index in [9.17, 15) is 22.8 Å². The zero-order chi connectivity index (χ0) is 22.8. The van der Waals surface area contributed by atoms with Gasteiger partial charge in [-0.25, -0.2) is 13.2 Å². The van der Waals surface area contributed by atoms with Crippen molar-refractivity contribution in [3.63, 3.8) is 0 Å². The van der Waals surface area contributed by atoms with E-state index in [1.165, 1.54) is 24.1 Å². The molecule has 0 saturated carbocycles. The lowest BCUT2D eigenvalue weighted by Gasteiger charge is -2.25. The SMILES string of the molecule is COC(=O)N1CCc2c(sc(NC(=O)CCS(=O)(=O)c3ccc(C)cc3)c2C(N)=O)C1. The van der Waals surface area contributed by atoms with E-state index in [1.54, 1.807) is 12.1 Å². The minimum absolute atomic E-state index is 0.151. The number of primary amides is 1. The summed E-state index contributed by atoms with van der Waals surface area (Å²) in [5.74, 6) is -1.59. The molecule has 1 aromatic carbocycles. The van der Waals surface area contributed by atoms with Gasteiger partial charge in [-0.3, -0.25) is 9.59 Å². The normalized spacial score (nSPS) is 13.4. The maximum atomic E-state index is 12.5. The highest BCUT2D eigenvalue weighted by atomic mass is 32.2. The number of nitrogens with two attached hydrogens (primary N) is 1. The standard InChI is InChI=1S/C20H23N3O6S2/c1-12-3-5-13(6-4-12)31(27,28)10-8-16(24)22-19-17(18(21)25)14-7-9-23(20(26)29-2)11-15(14)30-19/h3-6H,7-11H2,1-2H3,(H2,21,25)(H,22,24). The van der Waals surface area contributed by atoms with Gasteiger partial charge in [-0.05, 0) is 31.0 Å². The molecule has 0 fully saturated rings. The van der Waals surface area contributed by atoms with Crippen LogP contribution < -0.4 is 11.1 Å². The fourth-order valence-electron chi connectivity index (χ4n) is 3.32. The lowest BCUT2D eigenvalue weighted by atomic mass is 10.0. The Kier molecular flexibility index (Phi) is 6.65. The monoisotopic (exact) mass is 465 g/mol. The minimum Gasteiger partial charge on any atom is -0.453 e. The van der Waals surface area contributed by atoms with Crippen molar-refractivity contribution < 1.29 is 27.5 Å². The molecular weight excluding hydrogens is 442 g/mol. The molecule has 11 heteroatoms. The van der Waals surface area contributed by atoms with Crippen molar-refractivity contribution in [2.75, 3.05) is 24.7 Å². The third kappa shape index (κ3) is 5.05. The van der Waals surface area contributed by atoms with Crippen molar-refractivity contribution in [1.82, 2.24) is 4.90 Å². The Hall–Kier alpha value is -2.92. The van der Waals surface area contributed by atoms with Gasteiger partial charge in [0.15, 0.2) is 9.84 Å². The van der Waals surface area contributed by atoms with Crippen LogP contribution >= 0.6 is 11.3 Å². The smallest absolute Gasteiger partial charge is 0.409 e. The van der Waals surface area contributed by atoms with Gasteiger partial charge in [-0.15, -0.1) is 11.3 Å². The average molecular weight is 466 g/mol. The zero-order valence-corrected chi connectivity index (χ0v) is 18.8. The predicted molar refractivity (Wildman–Crippen MR) is 116 cm³/mol. The molecule has 9 nitrogen and oxygen atoms in total.